The van der Waals surface area contributed by atoms with E-state index in [2.05, 4.69) is 6.92 Å². The van der Waals surface area contributed by atoms with E-state index in [-0.39, 0.29) is 35.4 Å². The third-order valence-corrected chi connectivity index (χ3v) is 9.52. The minimum absolute atomic E-state index is 0.0297. The van der Waals surface area contributed by atoms with Crippen molar-refractivity contribution in [1.29, 1.82) is 0 Å². The van der Waals surface area contributed by atoms with Crippen LogP contribution >= 0.6 is 0 Å². The smallest absolute Gasteiger partial charge is 0.306 e. The lowest BCUT2D eigenvalue weighted by molar-refractivity contribution is -0.191. The Labute approximate surface area is 182 Å². The second kappa shape index (κ2) is 7.22. The molecule has 0 aromatic heterocycles. The van der Waals surface area contributed by atoms with E-state index in [0.717, 1.165) is 18.4 Å². The fraction of sp³-hybridized carbons (Fsp3) is 0.792. The second-order valence-electron chi connectivity index (χ2n) is 11.0. The third-order valence-electron chi connectivity index (χ3n) is 9.52. The Kier molecular flexibility index (Phi) is 5.27. The quantitative estimate of drug-likeness (QED) is 0.531. The van der Waals surface area contributed by atoms with Crippen LogP contribution in [0.2, 0.25) is 0 Å². The average Bonchev–Trinajstić information content (AvgIpc) is 2.88. The number of ketones is 2. The van der Waals surface area contributed by atoms with Gasteiger partial charge in [-0.3, -0.25) is 14.4 Å². The van der Waals surface area contributed by atoms with Crippen molar-refractivity contribution < 1.29 is 34.8 Å². The summed E-state index contributed by atoms with van der Waals surface area (Å²) in [6.07, 6.45) is 2.00. The number of fused-ring (bicyclic) bond motifs is 5. The highest BCUT2D eigenvalue weighted by Crippen LogP contribution is 2.68. The van der Waals surface area contributed by atoms with Crippen LogP contribution in [0.3, 0.4) is 0 Å². The van der Waals surface area contributed by atoms with Gasteiger partial charge in [-0.2, -0.15) is 0 Å². The Bertz CT molecular complexity index is 849. The number of hydrogen-bond acceptors (Lipinski definition) is 6. The van der Waals surface area contributed by atoms with Crippen molar-refractivity contribution in [3.05, 3.63) is 11.6 Å². The first-order chi connectivity index (χ1) is 14.4. The molecular weight excluding hydrogens is 400 g/mol. The summed E-state index contributed by atoms with van der Waals surface area (Å²) in [5, 5.41) is 42.4. The van der Waals surface area contributed by atoms with Gasteiger partial charge in [-0.15, -0.1) is 0 Å². The van der Waals surface area contributed by atoms with Gasteiger partial charge >= 0.3 is 5.97 Å². The van der Waals surface area contributed by atoms with Crippen molar-refractivity contribution in [1.82, 2.24) is 0 Å². The predicted molar refractivity (Wildman–Crippen MR) is 111 cm³/mol. The fourth-order valence-electron chi connectivity index (χ4n) is 8.06. The largest absolute Gasteiger partial charge is 0.481 e. The molecule has 0 bridgehead atoms. The van der Waals surface area contributed by atoms with Gasteiger partial charge in [0.05, 0.1) is 12.5 Å². The number of hydrogen-bond donors (Lipinski definition) is 4. The summed E-state index contributed by atoms with van der Waals surface area (Å²) in [4.78, 5) is 36.2. The molecule has 3 saturated carbocycles. The van der Waals surface area contributed by atoms with E-state index < -0.39 is 47.3 Å². The van der Waals surface area contributed by atoms with Gasteiger partial charge in [0.15, 0.2) is 11.6 Å². The summed E-state index contributed by atoms with van der Waals surface area (Å²) in [6.45, 7) is 5.75. The number of carbonyl (C=O) groups is 3. The van der Waals surface area contributed by atoms with Crippen LogP contribution in [-0.2, 0) is 14.4 Å². The van der Waals surface area contributed by atoms with Gasteiger partial charge in [0.25, 0.3) is 0 Å². The number of Topliss-reactive ketones (excluding diaryl/α,β-unsaturated/α-hetero) is 1. The Balaban J connectivity index is 1.71. The highest BCUT2D eigenvalue weighted by Gasteiger charge is 2.71. The van der Waals surface area contributed by atoms with Gasteiger partial charge in [-0.05, 0) is 67.3 Å². The van der Waals surface area contributed by atoms with E-state index in [0.29, 0.717) is 19.3 Å². The predicted octanol–water partition coefficient (Wildman–Crippen LogP) is 1.87. The van der Waals surface area contributed by atoms with E-state index >= 15 is 0 Å². The average molecular weight is 435 g/mol. The lowest BCUT2D eigenvalue weighted by atomic mass is 9.45. The molecule has 0 aromatic rings. The van der Waals surface area contributed by atoms with Crippen LogP contribution < -0.4 is 0 Å². The second-order valence-corrected chi connectivity index (χ2v) is 11.0. The Hall–Kier alpha value is -1.57. The summed E-state index contributed by atoms with van der Waals surface area (Å²) in [5.74, 6) is -2.45. The van der Waals surface area contributed by atoms with Crippen molar-refractivity contribution in [2.45, 2.75) is 83.5 Å². The lowest BCUT2D eigenvalue weighted by Gasteiger charge is -2.60. The first-order valence-electron chi connectivity index (χ1n) is 11.4. The molecule has 31 heavy (non-hydrogen) atoms. The monoisotopic (exact) mass is 434 g/mol. The fourth-order valence-corrected chi connectivity index (χ4v) is 8.06. The van der Waals surface area contributed by atoms with Crippen molar-refractivity contribution in [2.24, 2.45) is 34.5 Å². The molecule has 4 rings (SSSR count). The summed E-state index contributed by atoms with van der Waals surface area (Å²) in [6, 6.07) is 0. The van der Waals surface area contributed by atoms with Crippen LogP contribution in [0.1, 0.15) is 65.7 Å². The Morgan fingerprint density at radius 2 is 1.94 bits per heavy atom. The first-order valence-corrected chi connectivity index (χ1v) is 11.4. The van der Waals surface area contributed by atoms with Crippen LogP contribution in [0.25, 0.3) is 0 Å². The number of carboxylic acid groups (broad SMARTS) is 1. The molecule has 4 N–H and O–H groups in total. The zero-order chi connectivity index (χ0) is 22.9. The SMILES string of the molecule is C[C@@H]1C[C@H]2[C@@H]3CCC4=CC(=O)CC[C@]4(C)[C@H]3[C@@H](O)C[C@]2(C)[C@@]1(O)C(=O)C(O)CC(=O)O. The molecule has 0 radical (unpaired) electrons. The van der Waals surface area contributed by atoms with Crippen molar-refractivity contribution >= 4 is 17.5 Å². The molecule has 0 aromatic carbocycles. The standard InChI is InChI=1S/C24H34O7/c1-12-8-16-15-5-4-13-9-14(25)6-7-22(13,2)20(15)18(27)11-23(16,3)24(12,31)21(30)17(26)10-19(28)29/h9,12,15-18,20,26-27,31H,4-8,10-11H2,1-3H3,(H,28,29)/t12-,15+,16+,17?,18+,20-,22+,23+,24+/m1/s1. The maximum absolute atomic E-state index is 13.2. The molecule has 9 atom stereocenters. The molecule has 0 heterocycles. The number of carbonyl (C=O) groups excluding carboxylic acids is 2. The maximum Gasteiger partial charge on any atom is 0.306 e. The lowest BCUT2D eigenvalue weighted by Crippen LogP contribution is -2.64. The summed E-state index contributed by atoms with van der Waals surface area (Å²) in [7, 11) is 0. The highest BCUT2D eigenvalue weighted by molar-refractivity contribution is 5.95. The minimum Gasteiger partial charge on any atom is -0.481 e. The molecule has 0 spiro atoms. The van der Waals surface area contributed by atoms with Gasteiger partial charge < -0.3 is 20.4 Å². The molecule has 3 fully saturated rings. The van der Waals surface area contributed by atoms with E-state index in [4.69, 9.17) is 5.11 Å². The molecule has 0 amide bonds. The first kappa shape index (κ1) is 22.6. The normalized spacial score (nSPS) is 47.6. The van der Waals surface area contributed by atoms with Crippen LogP contribution in [0.15, 0.2) is 11.6 Å². The number of aliphatic carboxylic acids is 1. The van der Waals surface area contributed by atoms with Gasteiger partial charge in [-0.25, -0.2) is 0 Å². The minimum atomic E-state index is -1.89. The van der Waals surface area contributed by atoms with Gasteiger partial charge in [0.2, 0.25) is 0 Å². The summed E-state index contributed by atoms with van der Waals surface area (Å²) >= 11 is 0. The van der Waals surface area contributed by atoms with Gasteiger partial charge in [-0.1, -0.05) is 26.3 Å². The van der Waals surface area contributed by atoms with Crippen LogP contribution in [0, 0.1) is 34.5 Å². The number of allylic oxidation sites excluding steroid dienone is 1. The van der Waals surface area contributed by atoms with Crippen LogP contribution in [-0.4, -0.2) is 55.8 Å². The number of rotatable bonds is 4. The summed E-state index contributed by atoms with van der Waals surface area (Å²) in [5.41, 5.74) is -2.00. The topological polar surface area (TPSA) is 132 Å². The molecule has 4 aliphatic carbocycles. The Morgan fingerprint density at radius 1 is 1.26 bits per heavy atom. The van der Waals surface area contributed by atoms with Crippen LogP contribution in [0.4, 0.5) is 0 Å². The van der Waals surface area contributed by atoms with E-state index in [9.17, 15) is 29.7 Å². The zero-order valence-corrected chi connectivity index (χ0v) is 18.5. The molecule has 7 heteroatoms. The molecule has 0 aliphatic heterocycles. The highest BCUT2D eigenvalue weighted by atomic mass is 16.4. The third kappa shape index (κ3) is 3.00. The number of aliphatic hydroxyl groups is 3. The maximum atomic E-state index is 13.2. The Morgan fingerprint density at radius 3 is 2.58 bits per heavy atom. The molecule has 7 nitrogen and oxygen atoms in total. The molecule has 1 unspecified atom stereocenters. The van der Waals surface area contributed by atoms with Gasteiger partial charge in [0, 0.05) is 11.8 Å². The van der Waals surface area contributed by atoms with Crippen molar-refractivity contribution in [3.63, 3.8) is 0 Å². The number of aliphatic hydroxyl groups excluding tert-OH is 2. The van der Waals surface area contributed by atoms with E-state index in [1.165, 1.54) is 0 Å². The van der Waals surface area contributed by atoms with Crippen LogP contribution in [0.5, 0.6) is 0 Å². The zero-order valence-electron chi connectivity index (χ0n) is 18.5. The number of carboxylic acids is 1. The molecule has 172 valence electrons. The molecule has 0 saturated heterocycles. The van der Waals surface area contributed by atoms with Crippen molar-refractivity contribution in [2.75, 3.05) is 0 Å². The molecular formula is C24H34O7. The van der Waals surface area contributed by atoms with Crippen molar-refractivity contribution in [3.8, 4) is 0 Å². The molecule has 4 aliphatic rings. The van der Waals surface area contributed by atoms with E-state index in [1.807, 2.05) is 6.92 Å². The van der Waals surface area contributed by atoms with Gasteiger partial charge in [0.1, 0.15) is 11.7 Å². The summed E-state index contributed by atoms with van der Waals surface area (Å²) < 4.78 is 0. The van der Waals surface area contributed by atoms with E-state index in [1.54, 1.807) is 13.0 Å².